The van der Waals surface area contributed by atoms with E-state index < -0.39 is 16.1 Å². The van der Waals surface area contributed by atoms with Crippen LogP contribution in [-0.4, -0.2) is 61.5 Å². The minimum atomic E-state index is -3.63. The molecule has 2 rings (SSSR count). The fraction of sp³-hybridized carbons (Fsp3) is 0.529. The molecule has 7 nitrogen and oxygen atoms in total. The van der Waals surface area contributed by atoms with Gasteiger partial charge >= 0.3 is 0 Å². The molecule has 1 amide bonds. The van der Waals surface area contributed by atoms with Crippen molar-refractivity contribution < 1.29 is 18.0 Å². The monoisotopic (exact) mass is 403 g/mol. The summed E-state index contributed by atoms with van der Waals surface area (Å²) in [7, 11) is -3.63. The summed E-state index contributed by atoms with van der Waals surface area (Å²) in [5.74, 6) is -0.232. The topological polar surface area (TPSA) is 101 Å². The Hall–Kier alpha value is -1.48. The second kappa shape index (κ2) is 9.45. The highest BCUT2D eigenvalue weighted by Gasteiger charge is 2.31. The van der Waals surface area contributed by atoms with Crippen molar-refractivity contribution in [3.8, 4) is 0 Å². The molecule has 1 saturated heterocycles. The Balaban J connectivity index is 0.00000338. The van der Waals surface area contributed by atoms with Gasteiger partial charge in [0.15, 0.2) is 5.78 Å². The molecule has 146 valence electrons. The number of benzene rings is 1. The second-order valence-corrected chi connectivity index (χ2v) is 8.14. The molecule has 1 aromatic rings. The number of amides is 1. The summed E-state index contributed by atoms with van der Waals surface area (Å²) in [5.41, 5.74) is 6.33. The highest BCUT2D eigenvalue weighted by atomic mass is 35.5. The summed E-state index contributed by atoms with van der Waals surface area (Å²) < 4.78 is 26.8. The number of hydrogen-bond donors (Lipinski definition) is 1. The summed E-state index contributed by atoms with van der Waals surface area (Å²) in [6.07, 6.45) is 1.46. The molecule has 1 atom stereocenters. The molecule has 0 bridgehead atoms. The zero-order valence-corrected chi connectivity index (χ0v) is 16.7. The van der Waals surface area contributed by atoms with Crippen molar-refractivity contribution in [1.29, 1.82) is 0 Å². The maximum Gasteiger partial charge on any atom is 0.243 e. The van der Waals surface area contributed by atoms with Crippen LogP contribution in [0.25, 0.3) is 0 Å². The molecule has 1 unspecified atom stereocenters. The maximum absolute atomic E-state index is 12.7. The second-order valence-electron chi connectivity index (χ2n) is 6.21. The summed E-state index contributed by atoms with van der Waals surface area (Å²) in [6, 6.07) is 5.39. The van der Waals surface area contributed by atoms with Gasteiger partial charge in [0.25, 0.3) is 0 Å². The van der Waals surface area contributed by atoms with Crippen molar-refractivity contribution in [2.45, 2.75) is 37.6 Å². The Bertz CT molecular complexity index is 729. The lowest BCUT2D eigenvalue weighted by Crippen LogP contribution is -2.54. The van der Waals surface area contributed by atoms with Crippen LogP contribution in [-0.2, 0) is 14.8 Å². The molecule has 2 N–H and O–H groups in total. The summed E-state index contributed by atoms with van der Waals surface area (Å²) in [5, 5.41) is 0. The van der Waals surface area contributed by atoms with Crippen molar-refractivity contribution in [2.75, 3.05) is 26.2 Å². The summed E-state index contributed by atoms with van der Waals surface area (Å²) >= 11 is 0. The highest BCUT2D eigenvalue weighted by Crippen LogP contribution is 2.19. The zero-order chi connectivity index (χ0) is 18.6. The van der Waals surface area contributed by atoms with Crippen LogP contribution in [0.3, 0.4) is 0 Å². The van der Waals surface area contributed by atoms with Crippen LogP contribution in [0.1, 0.15) is 37.0 Å². The van der Waals surface area contributed by atoms with Gasteiger partial charge in [-0.3, -0.25) is 9.59 Å². The van der Waals surface area contributed by atoms with Crippen molar-refractivity contribution in [3.05, 3.63) is 29.8 Å². The first kappa shape index (κ1) is 22.6. The van der Waals surface area contributed by atoms with Crippen LogP contribution >= 0.6 is 12.4 Å². The van der Waals surface area contributed by atoms with Gasteiger partial charge in [0, 0.05) is 31.7 Å². The molecule has 1 heterocycles. The Morgan fingerprint density at radius 1 is 1.12 bits per heavy atom. The van der Waals surface area contributed by atoms with Crippen LogP contribution < -0.4 is 5.73 Å². The quantitative estimate of drug-likeness (QED) is 0.721. The van der Waals surface area contributed by atoms with E-state index in [0.29, 0.717) is 25.1 Å². The van der Waals surface area contributed by atoms with E-state index in [-0.39, 0.29) is 42.1 Å². The average molecular weight is 404 g/mol. The molecule has 1 aromatic carbocycles. The Kier molecular flexibility index (Phi) is 8.20. The van der Waals surface area contributed by atoms with Gasteiger partial charge in [0.1, 0.15) is 0 Å². The Morgan fingerprint density at radius 2 is 1.65 bits per heavy atom. The Morgan fingerprint density at radius 3 is 2.12 bits per heavy atom. The summed E-state index contributed by atoms with van der Waals surface area (Å²) in [4.78, 5) is 25.3. The van der Waals surface area contributed by atoms with Gasteiger partial charge in [-0.2, -0.15) is 4.31 Å². The number of ketones is 1. The van der Waals surface area contributed by atoms with Crippen molar-refractivity contribution >= 4 is 34.1 Å². The SMILES string of the molecule is CCCC(N)C(=O)N1CCN(S(=O)(=O)c2ccc(C(C)=O)cc2)CC1.Cl. The molecule has 1 fully saturated rings. The zero-order valence-electron chi connectivity index (χ0n) is 15.1. The van der Waals surface area contributed by atoms with Crippen LogP contribution in [0.15, 0.2) is 29.2 Å². The third-order valence-corrected chi connectivity index (χ3v) is 6.28. The number of Topliss-reactive ketones (excluding diaryl/α,β-unsaturated/α-hetero) is 1. The van der Waals surface area contributed by atoms with Crippen molar-refractivity contribution in [2.24, 2.45) is 5.73 Å². The van der Waals surface area contributed by atoms with Gasteiger partial charge in [-0.05, 0) is 25.5 Å². The van der Waals surface area contributed by atoms with Gasteiger partial charge in [-0.15, -0.1) is 12.4 Å². The molecule has 26 heavy (non-hydrogen) atoms. The molecular formula is C17H26ClN3O4S. The van der Waals surface area contributed by atoms with E-state index in [1.807, 2.05) is 6.92 Å². The largest absolute Gasteiger partial charge is 0.339 e. The number of sulfonamides is 1. The van der Waals surface area contributed by atoms with E-state index in [1.54, 1.807) is 4.90 Å². The van der Waals surface area contributed by atoms with Crippen LogP contribution in [0, 0.1) is 0 Å². The number of carbonyl (C=O) groups is 2. The number of nitrogens with zero attached hydrogens (tertiary/aromatic N) is 2. The normalized spacial score (nSPS) is 16.7. The van der Waals surface area contributed by atoms with Gasteiger partial charge in [0.2, 0.25) is 15.9 Å². The lowest BCUT2D eigenvalue weighted by molar-refractivity contribution is -0.133. The molecule has 0 spiro atoms. The van der Waals surface area contributed by atoms with Gasteiger partial charge in [-0.25, -0.2) is 8.42 Å². The predicted molar refractivity (Wildman–Crippen MR) is 102 cm³/mol. The lowest BCUT2D eigenvalue weighted by atomic mass is 10.1. The van der Waals surface area contributed by atoms with Crippen LogP contribution in [0.2, 0.25) is 0 Å². The predicted octanol–water partition coefficient (Wildman–Crippen LogP) is 1.27. The first-order valence-electron chi connectivity index (χ1n) is 8.43. The van der Waals surface area contributed by atoms with Crippen molar-refractivity contribution in [1.82, 2.24) is 9.21 Å². The highest BCUT2D eigenvalue weighted by molar-refractivity contribution is 7.89. The van der Waals surface area contributed by atoms with Crippen LogP contribution in [0.4, 0.5) is 0 Å². The maximum atomic E-state index is 12.7. The molecule has 1 aliphatic heterocycles. The minimum Gasteiger partial charge on any atom is -0.339 e. The standard InChI is InChI=1S/C17H25N3O4S.ClH/c1-3-4-16(18)17(22)19-9-11-20(12-10-19)25(23,24)15-7-5-14(6-8-15)13(2)21;/h5-8,16H,3-4,9-12,18H2,1-2H3;1H. The van der Waals surface area contributed by atoms with E-state index in [1.165, 1.54) is 35.5 Å². The Labute approximate surface area is 161 Å². The fourth-order valence-electron chi connectivity index (χ4n) is 2.83. The van der Waals surface area contributed by atoms with E-state index in [4.69, 9.17) is 5.73 Å². The van der Waals surface area contributed by atoms with E-state index in [2.05, 4.69) is 0 Å². The molecular weight excluding hydrogens is 378 g/mol. The fourth-order valence-corrected chi connectivity index (χ4v) is 4.25. The minimum absolute atomic E-state index is 0. The smallest absolute Gasteiger partial charge is 0.243 e. The van der Waals surface area contributed by atoms with Gasteiger partial charge in [0.05, 0.1) is 10.9 Å². The number of nitrogens with two attached hydrogens (primary N) is 1. The third kappa shape index (κ3) is 5.03. The summed E-state index contributed by atoms with van der Waals surface area (Å²) in [6.45, 7) is 4.54. The third-order valence-electron chi connectivity index (χ3n) is 4.37. The van der Waals surface area contributed by atoms with Crippen molar-refractivity contribution in [3.63, 3.8) is 0 Å². The number of rotatable bonds is 6. The first-order chi connectivity index (χ1) is 11.8. The van der Waals surface area contributed by atoms with E-state index in [0.717, 1.165) is 6.42 Å². The number of halogens is 1. The molecule has 9 heteroatoms. The molecule has 0 aliphatic carbocycles. The molecule has 0 aromatic heterocycles. The van der Waals surface area contributed by atoms with Gasteiger partial charge in [-0.1, -0.05) is 25.5 Å². The first-order valence-corrected chi connectivity index (χ1v) is 9.87. The average Bonchev–Trinajstić information content (AvgIpc) is 2.61. The molecule has 0 saturated carbocycles. The number of piperazine rings is 1. The number of hydrogen-bond acceptors (Lipinski definition) is 5. The van der Waals surface area contributed by atoms with E-state index >= 15 is 0 Å². The number of carbonyl (C=O) groups excluding carboxylic acids is 2. The van der Waals surface area contributed by atoms with E-state index in [9.17, 15) is 18.0 Å². The van der Waals surface area contributed by atoms with Gasteiger partial charge < -0.3 is 10.6 Å². The molecule has 1 aliphatic rings. The lowest BCUT2D eigenvalue weighted by Gasteiger charge is -2.35. The van der Waals surface area contributed by atoms with Crippen LogP contribution in [0.5, 0.6) is 0 Å². The molecule has 0 radical (unpaired) electrons.